The quantitative estimate of drug-likeness (QED) is 0.650. The third-order valence-corrected chi connectivity index (χ3v) is 2.19. The first-order valence-corrected chi connectivity index (χ1v) is 4.83. The highest BCUT2D eigenvalue weighted by atomic mass is 16.1. The van der Waals surface area contributed by atoms with Gasteiger partial charge in [0.15, 0.2) is 0 Å². The molecule has 0 saturated carbocycles. The molecule has 1 atom stereocenters. The first-order valence-electron chi connectivity index (χ1n) is 4.83. The SMILES string of the molecule is CCCC(=O)NC[C@H]1CCCN1. The highest BCUT2D eigenvalue weighted by Crippen LogP contribution is 2.03. The van der Waals surface area contributed by atoms with E-state index in [0.717, 1.165) is 19.5 Å². The van der Waals surface area contributed by atoms with E-state index in [9.17, 15) is 4.79 Å². The van der Waals surface area contributed by atoms with Gasteiger partial charge in [-0.15, -0.1) is 0 Å². The molecule has 12 heavy (non-hydrogen) atoms. The van der Waals surface area contributed by atoms with Crippen molar-refractivity contribution >= 4 is 5.91 Å². The summed E-state index contributed by atoms with van der Waals surface area (Å²) in [6.07, 6.45) is 4.04. The van der Waals surface area contributed by atoms with Crippen LogP contribution in [0.2, 0.25) is 0 Å². The van der Waals surface area contributed by atoms with E-state index >= 15 is 0 Å². The van der Waals surface area contributed by atoms with Crippen LogP contribution in [0.4, 0.5) is 0 Å². The molecule has 3 heteroatoms. The number of amides is 1. The lowest BCUT2D eigenvalue weighted by Crippen LogP contribution is -2.36. The van der Waals surface area contributed by atoms with Gasteiger partial charge in [0.05, 0.1) is 0 Å². The van der Waals surface area contributed by atoms with Crippen LogP contribution in [0.1, 0.15) is 32.6 Å². The molecule has 0 radical (unpaired) electrons. The topological polar surface area (TPSA) is 41.1 Å². The number of carbonyl (C=O) groups excluding carboxylic acids is 1. The second-order valence-corrected chi connectivity index (χ2v) is 3.35. The fraction of sp³-hybridized carbons (Fsp3) is 0.889. The Morgan fingerprint density at radius 3 is 3.08 bits per heavy atom. The van der Waals surface area contributed by atoms with Crippen LogP contribution in [0.3, 0.4) is 0 Å². The zero-order valence-corrected chi connectivity index (χ0v) is 7.73. The first-order chi connectivity index (χ1) is 5.83. The van der Waals surface area contributed by atoms with Crippen molar-refractivity contribution in [3.8, 4) is 0 Å². The fourth-order valence-corrected chi connectivity index (χ4v) is 1.48. The van der Waals surface area contributed by atoms with Crippen molar-refractivity contribution in [2.24, 2.45) is 0 Å². The summed E-state index contributed by atoms with van der Waals surface area (Å²) in [5.41, 5.74) is 0. The monoisotopic (exact) mass is 170 g/mol. The third-order valence-electron chi connectivity index (χ3n) is 2.19. The molecular weight excluding hydrogens is 152 g/mol. The molecule has 3 nitrogen and oxygen atoms in total. The Morgan fingerprint density at radius 1 is 1.67 bits per heavy atom. The van der Waals surface area contributed by atoms with Crippen LogP contribution in [0, 0.1) is 0 Å². The van der Waals surface area contributed by atoms with Crippen molar-refractivity contribution in [2.45, 2.75) is 38.6 Å². The van der Waals surface area contributed by atoms with Crippen molar-refractivity contribution in [2.75, 3.05) is 13.1 Å². The highest BCUT2D eigenvalue weighted by Gasteiger charge is 2.13. The van der Waals surface area contributed by atoms with E-state index in [1.807, 2.05) is 6.92 Å². The smallest absolute Gasteiger partial charge is 0.220 e. The maximum atomic E-state index is 11.1. The molecule has 1 rings (SSSR count). The van der Waals surface area contributed by atoms with Gasteiger partial charge in [-0.1, -0.05) is 6.92 Å². The van der Waals surface area contributed by atoms with Gasteiger partial charge in [-0.25, -0.2) is 0 Å². The second-order valence-electron chi connectivity index (χ2n) is 3.35. The number of nitrogens with one attached hydrogen (secondary N) is 2. The van der Waals surface area contributed by atoms with Gasteiger partial charge in [0.1, 0.15) is 0 Å². The van der Waals surface area contributed by atoms with Gasteiger partial charge in [0.2, 0.25) is 5.91 Å². The van der Waals surface area contributed by atoms with Crippen molar-refractivity contribution in [3.63, 3.8) is 0 Å². The predicted molar refractivity (Wildman–Crippen MR) is 48.9 cm³/mol. The van der Waals surface area contributed by atoms with Crippen molar-refractivity contribution in [1.29, 1.82) is 0 Å². The summed E-state index contributed by atoms with van der Waals surface area (Å²) in [4.78, 5) is 11.1. The lowest BCUT2D eigenvalue weighted by molar-refractivity contribution is -0.121. The van der Waals surface area contributed by atoms with E-state index in [1.165, 1.54) is 12.8 Å². The van der Waals surface area contributed by atoms with Gasteiger partial charge in [-0.05, 0) is 25.8 Å². The molecule has 1 saturated heterocycles. The minimum atomic E-state index is 0.186. The lowest BCUT2D eigenvalue weighted by atomic mass is 10.2. The first kappa shape index (κ1) is 9.52. The molecular formula is C9H18N2O. The summed E-state index contributed by atoms with van der Waals surface area (Å²) in [5.74, 6) is 0.186. The number of hydrogen-bond donors (Lipinski definition) is 2. The Balaban J connectivity index is 2.03. The van der Waals surface area contributed by atoms with Gasteiger partial charge < -0.3 is 10.6 Å². The van der Waals surface area contributed by atoms with Crippen LogP contribution in [-0.4, -0.2) is 25.0 Å². The summed E-state index contributed by atoms with van der Waals surface area (Å²) >= 11 is 0. The van der Waals surface area contributed by atoms with E-state index in [1.54, 1.807) is 0 Å². The lowest BCUT2D eigenvalue weighted by Gasteiger charge is -2.10. The zero-order chi connectivity index (χ0) is 8.81. The largest absolute Gasteiger partial charge is 0.355 e. The molecule has 70 valence electrons. The summed E-state index contributed by atoms with van der Waals surface area (Å²) in [6, 6.07) is 0.519. The summed E-state index contributed by atoms with van der Waals surface area (Å²) in [5, 5.41) is 6.26. The normalized spacial score (nSPS) is 22.6. The minimum Gasteiger partial charge on any atom is -0.355 e. The van der Waals surface area contributed by atoms with Crippen LogP contribution in [0.25, 0.3) is 0 Å². The van der Waals surface area contributed by atoms with Crippen LogP contribution in [-0.2, 0) is 4.79 Å². The van der Waals surface area contributed by atoms with E-state index in [2.05, 4.69) is 10.6 Å². The summed E-state index contributed by atoms with van der Waals surface area (Å²) in [7, 11) is 0. The van der Waals surface area contributed by atoms with Gasteiger partial charge >= 0.3 is 0 Å². The maximum Gasteiger partial charge on any atom is 0.220 e. The van der Waals surface area contributed by atoms with Gasteiger partial charge in [-0.3, -0.25) is 4.79 Å². The van der Waals surface area contributed by atoms with Crippen molar-refractivity contribution < 1.29 is 4.79 Å². The van der Waals surface area contributed by atoms with Gasteiger partial charge in [0, 0.05) is 19.0 Å². The van der Waals surface area contributed by atoms with E-state index in [4.69, 9.17) is 0 Å². The molecule has 0 aromatic heterocycles. The molecule has 0 spiro atoms. The Kier molecular flexibility index (Phi) is 4.08. The number of rotatable bonds is 4. The van der Waals surface area contributed by atoms with Crippen LogP contribution in [0.5, 0.6) is 0 Å². The minimum absolute atomic E-state index is 0.186. The molecule has 1 fully saturated rings. The Labute approximate surface area is 73.9 Å². The molecule has 0 aliphatic carbocycles. The van der Waals surface area contributed by atoms with Crippen LogP contribution >= 0.6 is 0 Å². The van der Waals surface area contributed by atoms with E-state index in [-0.39, 0.29) is 5.91 Å². The third kappa shape index (κ3) is 3.22. The number of carbonyl (C=O) groups is 1. The van der Waals surface area contributed by atoms with E-state index in [0.29, 0.717) is 12.5 Å². The van der Waals surface area contributed by atoms with Crippen LogP contribution in [0.15, 0.2) is 0 Å². The average molecular weight is 170 g/mol. The fourth-order valence-electron chi connectivity index (χ4n) is 1.48. The molecule has 2 N–H and O–H groups in total. The maximum absolute atomic E-state index is 11.1. The van der Waals surface area contributed by atoms with Crippen LogP contribution < -0.4 is 10.6 Å². The molecule has 1 aliphatic rings. The Hall–Kier alpha value is -0.570. The summed E-state index contributed by atoms with van der Waals surface area (Å²) in [6.45, 7) is 3.93. The standard InChI is InChI=1S/C9H18N2O/c1-2-4-9(12)11-7-8-5-3-6-10-8/h8,10H,2-7H2,1H3,(H,11,12)/t8-/m1/s1. The van der Waals surface area contributed by atoms with E-state index < -0.39 is 0 Å². The zero-order valence-electron chi connectivity index (χ0n) is 7.73. The van der Waals surface area contributed by atoms with Crippen molar-refractivity contribution in [1.82, 2.24) is 10.6 Å². The van der Waals surface area contributed by atoms with Crippen molar-refractivity contribution in [3.05, 3.63) is 0 Å². The highest BCUT2D eigenvalue weighted by molar-refractivity contribution is 5.75. The Bertz CT molecular complexity index is 141. The second kappa shape index (κ2) is 5.14. The molecule has 0 unspecified atom stereocenters. The molecule has 1 heterocycles. The summed E-state index contributed by atoms with van der Waals surface area (Å²) < 4.78 is 0. The molecule has 1 aliphatic heterocycles. The van der Waals surface area contributed by atoms with Gasteiger partial charge in [0.25, 0.3) is 0 Å². The average Bonchev–Trinajstić information content (AvgIpc) is 2.53. The Morgan fingerprint density at radius 2 is 2.50 bits per heavy atom. The number of hydrogen-bond acceptors (Lipinski definition) is 2. The molecule has 1 amide bonds. The van der Waals surface area contributed by atoms with Gasteiger partial charge in [-0.2, -0.15) is 0 Å². The molecule has 0 aromatic carbocycles. The molecule has 0 bridgehead atoms. The predicted octanol–water partition coefficient (Wildman–Crippen LogP) is 0.655. The molecule has 0 aromatic rings.